The number of anilines is 2. The molecule has 5 nitrogen and oxygen atoms in total. The molecule has 1 aliphatic heterocycles. The Bertz CT molecular complexity index is 767. The maximum absolute atomic E-state index is 5.57. The number of ether oxygens (including phenoxy) is 2. The van der Waals surface area contributed by atoms with Gasteiger partial charge in [0.05, 0.1) is 11.9 Å². The number of benzene rings is 1. The Morgan fingerprint density at radius 2 is 1.90 bits per heavy atom. The molecule has 0 bridgehead atoms. The zero-order valence-electron chi connectivity index (χ0n) is 10.7. The summed E-state index contributed by atoms with van der Waals surface area (Å²) in [6, 6.07) is 9.87. The van der Waals surface area contributed by atoms with Gasteiger partial charge in [0.2, 0.25) is 0 Å². The fourth-order valence-corrected chi connectivity index (χ4v) is 2.30. The molecule has 0 aliphatic carbocycles. The van der Waals surface area contributed by atoms with E-state index in [4.69, 9.17) is 9.47 Å². The van der Waals surface area contributed by atoms with Crippen LogP contribution >= 0.6 is 0 Å². The van der Waals surface area contributed by atoms with Crippen molar-refractivity contribution < 1.29 is 9.47 Å². The minimum Gasteiger partial charge on any atom is -0.486 e. The molecule has 4 rings (SSSR count). The van der Waals surface area contributed by atoms with Gasteiger partial charge in [0.15, 0.2) is 11.5 Å². The number of aromatic amines is 1. The molecule has 3 aromatic rings. The molecule has 20 heavy (non-hydrogen) atoms. The first-order valence-corrected chi connectivity index (χ1v) is 6.48. The molecule has 0 spiro atoms. The highest BCUT2D eigenvalue weighted by molar-refractivity contribution is 5.80. The van der Waals surface area contributed by atoms with Gasteiger partial charge in [-0.05, 0) is 24.3 Å². The van der Waals surface area contributed by atoms with E-state index in [2.05, 4.69) is 21.4 Å². The Balaban J connectivity index is 1.64. The number of rotatable bonds is 2. The molecule has 0 unspecified atom stereocenters. The van der Waals surface area contributed by atoms with Crippen LogP contribution in [0.25, 0.3) is 11.0 Å². The number of nitrogens with zero attached hydrogens (tertiary/aromatic N) is 1. The maximum atomic E-state index is 5.57. The molecule has 0 amide bonds. The van der Waals surface area contributed by atoms with Crippen LogP contribution < -0.4 is 14.8 Å². The van der Waals surface area contributed by atoms with E-state index >= 15 is 0 Å². The van der Waals surface area contributed by atoms with Crippen LogP contribution in [0.2, 0.25) is 0 Å². The normalized spacial score (nSPS) is 13.4. The van der Waals surface area contributed by atoms with Crippen LogP contribution in [-0.4, -0.2) is 23.2 Å². The summed E-state index contributed by atoms with van der Waals surface area (Å²) in [5.74, 6) is 1.57. The number of aromatic nitrogens is 2. The molecule has 0 atom stereocenters. The molecule has 1 aliphatic rings. The standard InChI is InChI=1S/C15H13N3O2/c1-2-13-14(20-6-5-19-13)8-11(1)18-12-7-10-3-4-16-15(10)17-9-12/h1-4,7-9,18H,5-6H2,(H,16,17). The first kappa shape index (κ1) is 11.2. The van der Waals surface area contributed by atoms with E-state index in [0.717, 1.165) is 33.9 Å². The van der Waals surface area contributed by atoms with E-state index in [1.165, 1.54) is 0 Å². The zero-order valence-corrected chi connectivity index (χ0v) is 10.7. The van der Waals surface area contributed by atoms with Crippen LogP contribution in [0, 0.1) is 0 Å². The van der Waals surface area contributed by atoms with E-state index in [9.17, 15) is 0 Å². The van der Waals surface area contributed by atoms with Crippen molar-refractivity contribution in [3.63, 3.8) is 0 Å². The number of nitrogens with one attached hydrogen (secondary N) is 2. The van der Waals surface area contributed by atoms with Gasteiger partial charge in [-0.2, -0.15) is 0 Å². The number of fused-ring (bicyclic) bond motifs is 2. The molecule has 1 aromatic carbocycles. The summed E-state index contributed by atoms with van der Waals surface area (Å²) in [6.45, 7) is 1.20. The Morgan fingerprint density at radius 3 is 2.85 bits per heavy atom. The van der Waals surface area contributed by atoms with Crippen molar-refractivity contribution >= 4 is 22.4 Å². The number of H-pyrrole nitrogens is 1. The number of pyridine rings is 1. The largest absolute Gasteiger partial charge is 0.486 e. The lowest BCUT2D eigenvalue weighted by Crippen LogP contribution is -2.15. The molecule has 0 fully saturated rings. The third kappa shape index (κ3) is 1.93. The van der Waals surface area contributed by atoms with Gasteiger partial charge < -0.3 is 19.8 Å². The molecule has 2 aromatic heterocycles. The Morgan fingerprint density at radius 1 is 1.00 bits per heavy atom. The third-order valence-corrected chi connectivity index (χ3v) is 3.23. The molecular weight excluding hydrogens is 254 g/mol. The minimum absolute atomic E-state index is 0.591. The summed E-state index contributed by atoms with van der Waals surface area (Å²) >= 11 is 0. The van der Waals surface area contributed by atoms with Crippen molar-refractivity contribution in [3.8, 4) is 11.5 Å². The van der Waals surface area contributed by atoms with Gasteiger partial charge in [-0.3, -0.25) is 0 Å². The minimum atomic E-state index is 0.591. The molecule has 3 heterocycles. The average molecular weight is 267 g/mol. The van der Waals surface area contributed by atoms with E-state index in [1.807, 2.05) is 30.5 Å². The molecule has 5 heteroatoms. The highest BCUT2D eigenvalue weighted by atomic mass is 16.6. The molecule has 0 radical (unpaired) electrons. The van der Waals surface area contributed by atoms with Gasteiger partial charge in [0.25, 0.3) is 0 Å². The van der Waals surface area contributed by atoms with E-state index in [0.29, 0.717) is 13.2 Å². The highest BCUT2D eigenvalue weighted by Gasteiger charge is 2.11. The fourth-order valence-electron chi connectivity index (χ4n) is 2.30. The second-order valence-corrected chi connectivity index (χ2v) is 4.62. The smallest absolute Gasteiger partial charge is 0.163 e. The lowest BCUT2D eigenvalue weighted by atomic mass is 10.2. The predicted molar refractivity (Wildman–Crippen MR) is 76.8 cm³/mol. The van der Waals surface area contributed by atoms with Crippen LogP contribution in [-0.2, 0) is 0 Å². The van der Waals surface area contributed by atoms with Crippen molar-refractivity contribution in [3.05, 3.63) is 42.7 Å². The van der Waals surface area contributed by atoms with Crippen molar-refractivity contribution in [1.82, 2.24) is 9.97 Å². The second-order valence-electron chi connectivity index (χ2n) is 4.62. The van der Waals surface area contributed by atoms with Crippen LogP contribution in [0.15, 0.2) is 42.7 Å². The lowest BCUT2D eigenvalue weighted by molar-refractivity contribution is 0.171. The number of hydrogen-bond acceptors (Lipinski definition) is 4. The van der Waals surface area contributed by atoms with Crippen molar-refractivity contribution in [1.29, 1.82) is 0 Å². The fraction of sp³-hybridized carbons (Fsp3) is 0.133. The van der Waals surface area contributed by atoms with Crippen LogP contribution in [0.1, 0.15) is 0 Å². The van der Waals surface area contributed by atoms with Crippen LogP contribution in [0.5, 0.6) is 11.5 Å². The van der Waals surface area contributed by atoms with Crippen LogP contribution in [0.3, 0.4) is 0 Å². The van der Waals surface area contributed by atoms with Crippen molar-refractivity contribution in [2.75, 3.05) is 18.5 Å². The quantitative estimate of drug-likeness (QED) is 0.749. The monoisotopic (exact) mass is 267 g/mol. The molecular formula is C15H13N3O2. The Labute approximate surface area is 115 Å². The van der Waals surface area contributed by atoms with Crippen LogP contribution in [0.4, 0.5) is 11.4 Å². The predicted octanol–water partition coefficient (Wildman–Crippen LogP) is 3.08. The molecule has 0 saturated heterocycles. The van der Waals surface area contributed by atoms with E-state index in [-0.39, 0.29) is 0 Å². The second kappa shape index (κ2) is 4.45. The third-order valence-electron chi connectivity index (χ3n) is 3.23. The van der Waals surface area contributed by atoms with E-state index in [1.54, 1.807) is 6.20 Å². The van der Waals surface area contributed by atoms with Gasteiger partial charge in [-0.25, -0.2) is 4.98 Å². The summed E-state index contributed by atoms with van der Waals surface area (Å²) in [5, 5.41) is 4.40. The van der Waals surface area contributed by atoms with Gasteiger partial charge in [0.1, 0.15) is 18.9 Å². The maximum Gasteiger partial charge on any atom is 0.163 e. The van der Waals surface area contributed by atoms with E-state index < -0.39 is 0 Å². The van der Waals surface area contributed by atoms with Crippen molar-refractivity contribution in [2.24, 2.45) is 0 Å². The molecule has 2 N–H and O–H groups in total. The summed E-state index contributed by atoms with van der Waals surface area (Å²) in [6.07, 6.45) is 3.68. The average Bonchev–Trinajstić information content (AvgIpc) is 2.95. The van der Waals surface area contributed by atoms with Gasteiger partial charge in [-0.15, -0.1) is 0 Å². The summed E-state index contributed by atoms with van der Waals surface area (Å²) in [5.41, 5.74) is 2.78. The van der Waals surface area contributed by atoms with Crippen molar-refractivity contribution in [2.45, 2.75) is 0 Å². The number of hydrogen-bond donors (Lipinski definition) is 2. The highest BCUT2D eigenvalue weighted by Crippen LogP contribution is 2.33. The topological polar surface area (TPSA) is 59.2 Å². The molecule has 100 valence electrons. The SMILES string of the molecule is c1cc2cc(Nc3ccc4c(c3)OCCO4)cnc2[nH]1. The first-order valence-electron chi connectivity index (χ1n) is 6.48. The van der Waals surface area contributed by atoms with Gasteiger partial charge in [-0.1, -0.05) is 0 Å². The zero-order chi connectivity index (χ0) is 13.4. The van der Waals surface area contributed by atoms with Gasteiger partial charge in [0, 0.05) is 23.3 Å². The molecule has 0 saturated carbocycles. The lowest BCUT2D eigenvalue weighted by Gasteiger charge is -2.19. The summed E-state index contributed by atoms with van der Waals surface area (Å²) < 4.78 is 11.1. The first-order chi connectivity index (χ1) is 9.88. The van der Waals surface area contributed by atoms with Gasteiger partial charge >= 0.3 is 0 Å². The summed E-state index contributed by atoms with van der Waals surface area (Å²) in [4.78, 5) is 7.43. The summed E-state index contributed by atoms with van der Waals surface area (Å²) in [7, 11) is 0. The Kier molecular flexibility index (Phi) is 2.48. The Hall–Kier alpha value is -2.69.